The summed E-state index contributed by atoms with van der Waals surface area (Å²) in [6, 6.07) is 29.1. The molecule has 9 heteroatoms. The number of amides is 4. The smallest absolute Gasteiger partial charge is 0.260 e. The molecule has 4 amide bonds. The topological polar surface area (TPSA) is 116 Å². The summed E-state index contributed by atoms with van der Waals surface area (Å²) in [6.45, 7) is 4.00. The van der Waals surface area contributed by atoms with Crippen LogP contribution < -0.4 is 15.1 Å². The highest BCUT2D eigenvalue weighted by atomic mass is 16.5. The van der Waals surface area contributed by atoms with Crippen LogP contribution in [-0.2, 0) is 31.0 Å². The van der Waals surface area contributed by atoms with Crippen LogP contribution in [0.2, 0.25) is 0 Å². The monoisotopic (exact) mass is 681 g/mol. The third kappa shape index (κ3) is 4.74. The van der Waals surface area contributed by atoms with Crippen molar-refractivity contribution in [2.75, 3.05) is 17.4 Å². The van der Waals surface area contributed by atoms with Gasteiger partial charge in [-0.1, -0.05) is 84.8 Å². The number of imide groups is 2. The summed E-state index contributed by atoms with van der Waals surface area (Å²) in [7, 11) is 1.50. The number of aromatic hydroxyl groups is 1. The number of hydrogen-bond donors (Lipinski definition) is 2. The van der Waals surface area contributed by atoms with Gasteiger partial charge < -0.3 is 9.84 Å². The van der Waals surface area contributed by atoms with Crippen molar-refractivity contribution in [3.8, 4) is 11.5 Å². The summed E-state index contributed by atoms with van der Waals surface area (Å²) >= 11 is 0. The second kappa shape index (κ2) is 12.3. The molecule has 8 rings (SSSR count). The van der Waals surface area contributed by atoms with Crippen LogP contribution >= 0.6 is 0 Å². The molecule has 4 aromatic carbocycles. The highest BCUT2D eigenvalue weighted by Gasteiger charge is 2.71. The number of hydrazine groups is 1. The van der Waals surface area contributed by atoms with Crippen LogP contribution in [0.25, 0.3) is 0 Å². The zero-order chi connectivity index (χ0) is 35.6. The molecule has 0 spiro atoms. The number of fused-ring (bicyclic) bond motifs is 4. The Labute approximate surface area is 296 Å². The molecule has 258 valence electrons. The molecule has 2 heterocycles. The average Bonchev–Trinajstić information content (AvgIpc) is 3.53. The number of hydrogen-bond acceptors (Lipinski definition) is 7. The Hall–Kier alpha value is -5.70. The minimum Gasteiger partial charge on any atom is -0.508 e. The number of nitrogens with one attached hydrogen (secondary N) is 1. The number of rotatable bonds is 7. The van der Waals surface area contributed by atoms with Crippen molar-refractivity contribution in [3.63, 3.8) is 0 Å². The molecule has 1 saturated carbocycles. The van der Waals surface area contributed by atoms with Crippen molar-refractivity contribution in [1.82, 2.24) is 5.01 Å². The lowest BCUT2D eigenvalue weighted by Crippen LogP contribution is -2.53. The lowest BCUT2D eigenvalue weighted by atomic mass is 9.49. The number of ether oxygens (including phenoxy) is 1. The van der Waals surface area contributed by atoms with Crippen LogP contribution in [0.4, 0.5) is 11.4 Å². The number of phenolic OH excluding ortho intramolecular Hbond substituents is 1. The first-order chi connectivity index (χ1) is 24.7. The molecule has 0 bridgehead atoms. The largest absolute Gasteiger partial charge is 0.508 e. The fourth-order valence-corrected chi connectivity index (χ4v) is 9.20. The van der Waals surface area contributed by atoms with E-state index in [0.29, 0.717) is 28.3 Å². The van der Waals surface area contributed by atoms with E-state index in [4.69, 9.17) is 4.74 Å². The number of aryl methyl sites for hydroxylation is 2. The Balaban J connectivity index is 1.33. The quantitative estimate of drug-likeness (QED) is 0.170. The molecule has 6 atom stereocenters. The minimum atomic E-state index is -1.52. The third-order valence-corrected chi connectivity index (χ3v) is 11.5. The van der Waals surface area contributed by atoms with Gasteiger partial charge in [0.2, 0.25) is 11.8 Å². The van der Waals surface area contributed by atoms with Gasteiger partial charge in [-0.15, -0.1) is 0 Å². The zero-order valence-electron chi connectivity index (χ0n) is 28.7. The molecule has 4 aromatic rings. The van der Waals surface area contributed by atoms with Gasteiger partial charge in [0, 0.05) is 11.5 Å². The van der Waals surface area contributed by atoms with E-state index in [1.165, 1.54) is 12.0 Å². The summed E-state index contributed by atoms with van der Waals surface area (Å²) < 4.78 is 5.86. The van der Waals surface area contributed by atoms with Crippen molar-refractivity contribution in [2.45, 2.75) is 44.4 Å². The number of phenols is 1. The molecule has 3 fully saturated rings. The first-order valence-electron chi connectivity index (χ1n) is 17.5. The Kier molecular flexibility index (Phi) is 7.81. The summed E-state index contributed by atoms with van der Waals surface area (Å²) in [4.78, 5) is 60.1. The molecule has 2 aliphatic heterocycles. The van der Waals surface area contributed by atoms with Gasteiger partial charge in [-0.05, 0) is 79.6 Å². The highest BCUT2D eigenvalue weighted by Crippen LogP contribution is 2.66. The van der Waals surface area contributed by atoms with Gasteiger partial charge in [0.1, 0.15) is 11.5 Å². The number of methoxy groups -OCH3 is 1. The van der Waals surface area contributed by atoms with Gasteiger partial charge in [-0.25, -0.2) is 0 Å². The SMILES string of the molecule is CCc1ccc(N2C(=O)[C@H]3[C@H](CC=C4[C@H]3C[C@H]3C(=O)N(Nc5ccc(C)cc5)C(=O)[C@@]3(c3ccccc3)[C@H]4c3c(O)cccc3OC)C2=O)cc1. The first-order valence-corrected chi connectivity index (χ1v) is 17.5. The van der Waals surface area contributed by atoms with Crippen molar-refractivity contribution >= 4 is 35.0 Å². The first kappa shape index (κ1) is 32.5. The van der Waals surface area contributed by atoms with Crippen LogP contribution in [0.15, 0.2) is 109 Å². The number of allylic oxidation sites excluding steroid dienone is 2. The maximum absolute atomic E-state index is 15.3. The number of anilines is 2. The molecule has 0 aromatic heterocycles. The van der Waals surface area contributed by atoms with E-state index in [0.717, 1.165) is 28.1 Å². The van der Waals surface area contributed by atoms with Crippen LogP contribution in [0.3, 0.4) is 0 Å². The molecule has 51 heavy (non-hydrogen) atoms. The summed E-state index contributed by atoms with van der Waals surface area (Å²) in [5.74, 6) is -4.99. The Bertz CT molecular complexity index is 2090. The molecule has 4 aliphatic rings. The van der Waals surface area contributed by atoms with Gasteiger partial charge in [0.05, 0.1) is 41.7 Å². The second-order valence-corrected chi connectivity index (χ2v) is 14.0. The van der Waals surface area contributed by atoms with Crippen LogP contribution in [0.5, 0.6) is 11.5 Å². The van der Waals surface area contributed by atoms with E-state index in [2.05, 4.69) is 5.43 Å². The fraction of sp³-hybridized carbons (Fsp3) is 0.286. The molecule has 9 nitrogen and oxygen atoms in total. The number of carbonyl (C=O) groups is 4. The van der Waals surface area contributed by atoms with Gasteiger partial charge in [0.25, 0.3) is 11.8 Å². The number of benzene rings is 4. The predicted molar refractivity (Wildman–Crippen MR) is 192 cm³/mol. The maximum atomic E-state index is 15.3. The van der Waals surface area contributed by atoms with E-state index in [-0.39, 0.29) is 30.4 Å². The maximum Gasteiger partial charge on any atom is 0.260 e. The lowest BCUT2D eigenvalue weighted by Gasteiger charge is -2.50. The number of carbonyl (C=O) groups excluding carboxylic acids is 4. The standard InChI is InChI=1S/C42H39N3O6/c1-4-25-15-19-28(20-16-25)44-38(47)30-22-21-29-31(35(30)40(44)49)23-32-39(48)45(43-27-17-13-24(2)14-18-27)41(50)42(32,26-9-6-5-7-10-26)37(29)36-33(46)11-8-12-34(36)51-3/h5-21,30-32,35,37,43,46H,4,22-23H2,1-3H3/t30-,31+,32-,35-,37+,42+/m0/s1. The van der Waals surface area contributed by atoms with Crippen LogP contribution in [-0.4, -0.2) is 40.9 Å². The minimum absolute atomic E-state index is 0.0891. The third-order valence-electron chi connectivity index (χ3n) is 11.5. The Morgan fingerprint density at radius 2 is 1.57 bits per heavy atom. The molecular formula is C42H39N3O6. The van der Waals surface area contributed by atoms with Crippen LogP contribution in [0.1, 0.15) is 47.9 Å². The molecule has 2 aliphatic carbocycles. The van der Waals surface area contributed by atoms with Crippen molar-refractivity contribution in [2.24, 2.45) is 23.7 Å². The molecule has 2 N–H and O–H groups in total. The van der Waals surface area contributed by atoms with Gasteiger partial charge in [0.15, 0.2) is 0 Å². The Morgan fingerprint density at radius 3 is 2.25 bits per heavy atom. The predicted octanol–water partition coefficient (Wildman–Crippen LogP) is 6.46. The number of nitrogens with zero attached hydrogens (tertiary/aromatic N) is 2. The lowest BCUT2D eigenvalue weighted by molar-refractivity contribution is -0.138. The van der Waals surface area contributed by atoms with Gasteiger partial charge >= 0.3 is 0 Å². The zero-order valence-corrected chi connectivity index (χ0v) is 28.7. The Morgan fingerprint density at radius 1 is 0.843 bits per heavy atom. The van der Waals surface area contributed by atoms with Crippen LogP contribution in [0, 0.1) is 30.6 Å². The van der Waals surface area contributed by atoms with E-state index in [1.807, 2.05) is 98.8 Å². The van der Waals surface area contributed by atoms with E-state index >= 15 is 4.79 Å². The van der Waals surface area contributed by atoms with Gasteiger partial charge in [-0.3, -0.25) is 29.5 Å². The van der Waals surface area contributed by atoms with Crippen molar-refractivity contribution < 1.29 is 29.0 Å². The van der Waals surface area contributed by atoms with Crippen molar-refractivity contribution in [3.05, 3.63) is 131 Å². The van der Waals surface area contributed by atoms with E-state index in [9.17, 15) is 19.5 Å². The summed E-state index contributed by atoms with van der Waals surface area (Å²) in [5.41, 5.74) is 6.53. The summed E-state index contributed by atoms with van der Waals surface area (Å²) in [5, 5.41) is 12.8. The average molecular weight is 682 g/mol. The normalized spacial score (nSPS) is 26.8. The second-order valence-electron chi connectivity index (χ2n) is 14.0. The van der Waals surface area contributed by atoms with Gasteiger partial charge in [-0.2, -0.15) is 5.01 Å². The van der Waals surface area contributed by atoms with E-state index < -0.39 is 46.8 Å². The molecule has 0 unspecified atom stereocenters. The molecule has 0 radical (unpaired) electrons. The van der Waals surface area contributed by atoms with Crippen molar-refractivity contribution in [1.29, 1.82) is 0 Å². The van der Waals surface area contributed by atoms with E-state index in [1.54, 1.807) is 18.2 Å². The molecular weight excluding hydrogens is 642 g/mol. The highest BCUT2D eigenvalue weighted by molar-refractivity contribution is 6.22. The fourth-order valence-electron chi connectivity index (χ4n) is 9.20. The summed E-state index contributed by atoms with van der Waals surface area (Å²) in [6.07, 6.45) is 3.24. The molecule has 2 saturated heterocycles.